The van der Waals surface area contributed by atoms with Gasteiger partial charge in [-0.3, -0.25) is 4.99 Å². The lowest BCUT2D eigenvalue weighted by Crippen LogP contribution is -2.41. The first-order chi connectivity index (χ1) is 18.2. The number of aromatic nitrogens is 2. The van der Waals surface area contributed by atoms with Gasteiger partial charge in [0.25, 0.3) is 0 Å². The van der Waals surface area contributed by atoms with Gasteiger partial charge in [0.15, 0.2) is 0 Å². The van der Waals surface area contributed by atoms with Crippen molar-refractivity contribution in [2.75, 3.05) is 5.32 Å². The van der Waals surface area contributed by atoms with Crippen molar-refractivity contribution in [2.24, 2.45) is 10.7 Å². The quantitative estimate of drug-likeness (QED) is 0.291. The third-order valence-electron chi connectivity index (χ3n) is 5.87. The molecule has 38 heavy (non-hydrogen) atoms. The van der Waals surface area contributed by atoms with E-state index in [-0.39, 0.29) is 12.1 Å². The lowest BCUT2D eigenvalue weighted by Gasteiger charge is -2.29. The first-order valence-electron chi connectivity index (χ1n) is 12.6. The Bertz CT molecular complexity index is 1330. The zero-order valence-corrected chi connectivity index (χ0v) is 22.6. The molecular formula is C28H33FN6O2S. The molecule has 0 atom stereocenters. The number of halogens is 1. The SMILES string of the molecule is CC(C)(C)OC(=O)NC1CCC(Sc2ccc3cnc(Nc4ccc(N=CC=CN)cc4F)cc3n2)CC1. The number of allylic oxidation sites excluding steroid dienone is 1. The minimum atomic E-state index is -0.500. The van der Waals surface area contributed by atoms with Gasteiger partial charge in [-0.25, -0.2) is 19.2 Å². The Labute approximate surface area is 226 Å². The summed E-state index contributed by atoms with van der Waals surface area (Å²) in [5.74, 6) is 0.0643. The summed E-state index contributed by atoms with van der Waals surface area (Å²) in [6, 6.07) is 10.6. The Kier molecular flexibility index (Phi) is 8.83. The average molecular weight is 537 g/mol. The lowest BCUT2D eigenvalue weighted by molar-refractivity contribution is 0.0493. The number of nitrogens with two attached hydrogens (primary N) is 1. The van der Waals surface area contributed by atoms with Crippen molar-refractivity contribution in [3.8, 4) is 0 Å². The minimum absolute atomic E-state index is 0.134. The Morgan fingerprint density at radius 2 is 1.97 bits per heavy atom. The van der Waals surface area contributed by atoms with Crippen LogP contribution in [0.25, 0.3) is 10.9 Å². The normalized spacial score (nSPS) is 18.2. The summed E-state index contributed by atoms with van der Waals surface area (Å²) in [4.78, 5) is 25.4. The molecule has 8 nitrogen and oxygen atoms in total. The van der Waals surface area contributed by atoms with Gasteiger partial charge >= 0.3 is 6.09 Å². The highest BCUT2D eigenvalue weighted by Crippen LogP contribution is 2.34. The molecular weight excluding hydrogens is 503 g/mol. The molecule has 1 fully saturated rings. The second kappa shape index (κ2) is 12.3. The monoisotopic (exact) mass is 536 g/mol. The fraction of sp³-hybridized carbons (Fsp3) is 0.357. The van der Waals surface area contributed by atoms with Crippen LogP contribution < -0.4 is 16.4 Å². The van der Waals surface area contributed by atoms with Crippen molar-refractivity contribution in [2.45, 2.75) is 68.4 Å². The molecule has 2 aromatic heterocycles. The maximum atomic E-state index is 14.6. The molecule has 2 heterocycles. The number of hydrogen-bond donors (Lipinski definition) is 3. The van der Waals surface area contributed by atoms with E-state index in [2.05, 4.69) is 20.6 Å². The van der Waals surface area contributed by atoms with Gasteiger partial charge in [0.05, 0.1) is 21.9 Å². The van der Waals surface area contributed by atoms with E-state index in [1.807, 2.05) is 39.0 Å². The standard InChI is InChI=1S/C28H33FN6O2S/c1-28(2,3)37-27(36)33-19-6-9-21(10-7-19)38-26-12-5-18-17-32-25(16-24(18)35-26)34-23-11-8-20(15-22(23)29)31-14-4-13-30/h4-5,8,11-17,19,21H,6-7,9-10,30H2,1-3H3,(H,32,34)(H,33,36). The molecule has 1 aliphatic carbocycles. The fourth-order valence-electron chi connectivity index (χ4n) is 4.10. The highest BCUT2D eigenvalue weighted by molar-refractivity contribution is 7.99. The number of carbonyl (C=O) groups excluding carboxylic acids is 1. The Balaban J connectivity index is 1.36. The number of alkyl carbamates (subject to hydrolysis) is 1. The van der Waals surface area contributed by atoms with E-state index in [0.717, 1.165) is 41.6 Å². The smallest absolute Gasteiger partial charge is 0.407 e. The number of carbonyl (C=O) groups is 1. The van der Waals surface area contributed by atoms with E-state index in [0.29, 0.717) is 22.4 Å². The number of rotatable bonds is 7. The average Bonchev–Trinajstić information content (AvgIpc) is 2.86. The zero-order valence-electron chi connectivity index (χ0n) is 21.8. The number of fused-ring (bicyclic) bond motifs is 1. The van der Waals surface area contributed by atoms with Gasteiger partial charge in [-0.05, 0) is 83.0 Å². The maximum Gasteiger partial charge on any atom is 0.407 e. The van der Waals surface area contributed by atoms with Crippen LogP contribution in [-0.4, -0.2) is 39.2 Å². The Morgan fingerprint density at radius 3 is 2.68 bits per heavy atom. The van der Waals surface area contributed by atoms with Crippen LogP contribution in [0.3, 0.4) is 0 Å². The molecule has 10 heteroatoms. The van der Waals surface area contributed by atoms with E-state index in [9.17, 15) is 9.18 Å². The third kappa shape index (κ3) is 7.92. The van der Waals surface area contributed by atoms with Crippen LogP contribution in [-0.2, 0) is 4.74 Å². The molecule has 3 aromatic rings. The number of thioether (sulfide) groups is 1. The van der Waals surface area contributed by atoms with Crippen molar-refractivity contribution in [1.82, 2.24) is 15.3 Å². The van der Waals surface area contributed by atoms with Crippen LogP contribution in [0.15, 0.2) is 64.9 Å². The molecule has 1 amide bonds. The molecule has 0 aliphatic heterocycles. The molecule has 4 N–H and O–H groups in total. The van der Waals surface area contributed by atoms with E-state index in [4.69, 9.17) is 15.5 Å². The lowest BCUT2D eigenvalue weighted by atomic mass is 9.95. The van der Waals surface area contributed by atoms with Gasteiger partial charge in [-0.2, -0.15) is 0 Å². The summed E-state index contributed by atoms with van der Waals surface area (Å²) in [7, 11) is 0. The number of anilines is 2. The fourth-order valence-corrected chi connectivity index (χ4v) is 5.25. The Hall–Kier alpha value is -3.66. The van der Waals surface area contributed by atoms with Crippen molar-refractivity contribution in [3.05, 3.63) is 60.7 Å². The summed E-state index contributed by atoms with van der Waals surface area (Å²) in [6.07, 6.45) is 9.57. The van der Waals surface area contributed by atoms with Crippen molar-refractivity contribution < 1.29 is 13.9 Å². The maximum absolute atomic E-state index is 14.6. The van der Waals surface area contributed by atoms with E-state index >= 15 is 0 Å². The van der Waals surface area contributed by atoms with Crippen LogP contribution in [0, 0.1) is 5.82 Å². The number of nitrogens with zero attached hydrogens (tertiary/aromatic N) is 3. The Morgan fingerprint density at radius 1 is 1.18 bits per heavy atom. The molecule has 0 saturated heterocycles. The molecule has 1 saturated carbocycles. The highest BCUT2D eigenvalue weighted by atomic mass is 32.2. The van der Waals surface area contributed by atoms with Crippen LogP contribution in [0.2, 0.25) is 0 Å². The number of aliphatic imine (C=N–C) groups is 1. The molecule has 4 rings (SSSR count). The molecule has 1 aromatic carbocycles. The first-order valence-corrected chi connectivity index (χ1v) is 13.5. The van der Waals surface area contributed by atoms with Crippen molar-refractivity contribution >= 4 is 52.2 Å². The zero-order chi connectivity index (χ0) is 27.1. The summed E-state index contributed by atoms with van der Waals surface area (Å²) in [6.45, 7) is 5.59. The predicted octanol–water partition coefficient (Wildman–Crippen LogP) is 6.62. The van der Waals surface area contributed by atoms with Crippen molar-refractivity contribution in [1.29, 1.82) is 0 Å². The number of ether oxygens (including phenoxy) is 1. The second-order valence-electron chi connectivity index (χ2n) is 10.1. The largest absolute Gasteiger partial charge is 0.444 e. The minimum Gasteiger partial charge on any atom is -0.444 e. The number of nitrogens with one attached hydrogen (secondary N) is 2. The van der Waals surface area contributed by atoms with Crippen molar-refractivity contribution in [3.63, 3.8) is 0 Å². The summed E-state index contributed by atoms with van der Waals surface area (Å²) >= 11 is 1.75. The summed E-state index contributed by atoms with van der Waals surface area (Å²) in [5, 5.41) is 8.28. The molecule has 0 bridgehead atoms. The molecule has 1 aliphatic rings. The second-order valence-corrected chi connectivity index (χ2v) is 11.4. The van der Waals surface area contributed by atoms with Crippen LogP contribution in [0.4, 0.5) is 26.4 Å². The molecule has 0 unspecified atom stereocenters. The topological polar surface area (TPSA) is 115 Å². The number of amides is 1. The first kappa shape index (κ1) is 27.4. The molecule has 0 radical (unpaired) electrons. The van der Waals surface area contributed by atoms with E-state index < -0.39 is 11.4 Å². The van der Waals surface area contributed by atoms with Crippen LogP contribution in [0.5, 0.6) is 0 Å². The summed E-state index contributed by atoms with van der Waals surface area (Å²) < 4.78 is 20.0. The highest BCUT2D eigenvalue weighted by Gasteiger charge is 2.25. The van der Waals surface area contributed by atoms with Gasteiger partial charge in [-0.15, -0.1) is 11.8 Å². The van der Waals surface area contributed by atoms with Crippen LogP contribution in [0.1, 0.15) is 46.5 Å². The van der Waals surface area contributed by atoms with Gasteiger partial charge in [0.2, 0.25) is 0 Å². The number of benzene rings is 1. The molecule has 200 valence electrons. The predicted molar refractivity (Wildman–Crippen MR) is 152 cm³/mol. The van der Waals surface area contributed by atoms with Gasteiger partial charge in [-0.1, -0.05) is 0 Å². The van der Waals surface area contributed by atoms with Gasteiger partial charge in [0.1, 0.15) is 17.2 Å². The van der Waals surface area contributed by atoms with Gasteiger partial charge < -0.3 is 21.1 Å². The third-order valence-corrected chi connectivity index (χ3v) is 7.14. The number of pyridine rings is 2. The summed E-state index contributed by atoms with van der Waals surface area (Å²) in [5.41, 5.74) is 6.34. The van der Waals surface area contributed by atoms with E-state index in [1.165, 1.54) is 18.5 Å². The van der Waals surface area contributed by atoms with Crippen LogP contribution >= 0.6 is 11.8 Å². The molecule has 0 spiro atoms. The van der Waals surface area contributed by atoms with E-state index in [1.54, 1.807) is 36.2 Å². The number of hydrogen-bond acceptors (Lipinski definition) is 8. The van der Waals surface area contributed by atoms with Gasteiger partial charge in [0, 0.05) is 41.2 Å².